The highest BCUT2D eigenvalue weighted by Gasteiger charge is 2.25. The van der Waals surface area contributed by atoms with Crippen LogP contribution >= 0.6 is 0 Å². The number of aromatic hydroxyl groups is 1. The van der Waals surface area contributed by atoms with E-state index in [0.29, 0.717) is 12.8 Å². The molecule has 0 aliphatic rings. The normalized spacial score (nSPS) is 11.9. The molecule has 4 N–H and O–H groups in total. The predicted octanol–water partition coefficient (Wildman–Crippen LogP) is 0.603. The van der Waals surface area contributed by atoms with Gasteiger partial charge in [-0.25, -0.2) is 4.98 Å². The van der Waals surface area contributed by atoms with Gasteiger partial charge in [0.25, 0.3) is 0 Å². The highest BCUT2D eigenvalue weighted by molar-refractivity contribution is 5.86. The largest absolute Gasteiger partial charge is 0.508 e. The summed E-state index contributed by atoms with van der Waals surface area (Å²) < 4.78 is 0. The van der Waals surface area contributed by atoms with Crippen molar-refractivity contribution in [3.63, 3.8) is 0 Å². The average Bonchev–Trinajstić information content (AvgIpc) is 3.04. The van der Waals surface area contributed by atoms with E-state index in [9.17, 15) is 14.7 Å². The number of likely N-dealkylation sites (N-methyl/N-ethyl adjacent to an activating group) is 1. The Morgan fingerprint density at radius 2 is 2.04 bits per heavy atom. The number of phenols is 1. The van der Waals surface area contributed by atoms with Gasteiger partial charge in [-0.2, -0.15) is 0 Å². The van der Waals surface area contributed by atoms with Crippen LogP contribution in [0.4, 0.5) is 0 Å². The van der Waals surface area contributed by atoms with Gasteiger partial charge >= 0.3 is 0 Å². The Balaban J connectivity index is 1.99. The molecule has 0 radical (unpaired) electrons. The number of rotatable bonds is 7. The fourth-order valence-corrected chi connectivity index (χ4v) is 2.30. The van der Waals surface area contributed by atoms with Crippen molar-refractivity contribution in [2.75, 3.05) is 7.05 Å². The molecular formula is C16H20N4O3. The lowest BCUT2D eigenvalue weighted by Gasteiger charge is -2.26. The smallest absolute Gasteiger partial charge is 0.240 e. The summed E-state index contributed by atoms with van der Waals surface area (Å²) in [7, 11) is 1.57. The Labute approximate surface area is 134 Å². The zero-order valence-corrected chi connectivity index (χ0v) is 12.9. The number of aryl methyl sites for hydroxylation is 1. The summed E-state index contributed by atoms with van der Waals surface area (Å²) in [4.78, 5) is 32.2. The average molecular weight is 316 g/mol. The molecule has 2 rings (SSSR count). The maximum atomic E-state index is 12.3. The van der Waals surface area contributed by atoms with Gasteiger partial charge in [0.2, 0.25) is 11.8 Å². The lowest BCUT2D eigenvalue weighted by atomic mass is 10.0. The van der Waals surface area contributed by atoms with Gasteiger partial charge < -0.3 is 20.7 Å². The van der Waals surface area contributed by atoms with E-state index in [-0.39, 0.29) is 18.1 Å². The summed E-state index contributed by atoms with van der Waals surface area (Å²) in [5.74, 6) is -0.578. The summed E-state index contributed by atoms with van der Waals surface area (Å²) in [6, 6.07) is 5.75. The molecule has 7 heteroatoms. The monoisotopic (exact) mass is 316 g/mol. The fraction of sp³-hybridized carbons (Fsp3) is 0.312. The molecule has 0 saturated heterocycles. The van der Waals surface area contributed by atoms with Crippen molar-refractivity contribution in [3.8, 4) is 5.75 Å². The summed E-state index contributed by atoms with van der Waals surface area (Å²) >= 11 is 0. The molecule has 2 aromatic rings. The van der Waals surface area contributed by atoms with Crippen LogP contribution in [0.5, 0.6) is 5.75 Å². The number of carbonyl (C=O) groups is 2. The quantitative estimate of drug-likeness (QED) is 0.694. The lowest BCUT2D eigenvalue weighted by molar-refractivity contribution is -0.137. The van der Waals surface area contributed by atoms with Crippen LogP contribution in [0.1, 0.15) is 17.7 Å². The fourth-order valence-electron chi connectivity index (χ4n) is 2.30. The Morgan fingerprint density at radius 3 is 2.61 bits per heavy atom. The number of benzene rings is 1. The third-order valence-corrected chi connectivity index (χ3v) is 3.72. The number of amides is 2. The summed E-state index contributed by atoms with van der Waals surface area (Å²) in [6.45, 7) is 0. The van der Waals surface area contributed by atoms with Gasteiger partial charge in [0.05, 0.1) is 6.33 Å². The summed E-state index contributed by atoms with van der Waals surface area (Å²) in [6.07, 6.45) is 4.31. The summed E-state index contributed by atoms with van der Waals surface area (Å²) in [5.41, 5.74) is 7.13. The number of nitrogens with one attached hydrogen (secondary N) is 1. The van der Waals surface area contributed by atoms with Crippen LogP contribution in [0.25, 0.3) is 0 Å². The molecule has 0 unspecified atom stereocenters. The van der Waals surface area contributed by atoms with Crippen molar-refractivity contribution in [1.82, 2.24) is 14.9 Å². The second-order valence-corrected chi connectivity index (χ2v) is 5.37. The van der Waals surface area contributed by atoms with Crippen LogP contribution < -0.4 is 5.73 Å². The zero-order valence-electron chi connectivity index (χ0n) is 12.9. The van der Waals surface area contributed by atoms with Crippen LogP contribution in [0.15, 0.2) is 36.8 Å². The van der Waals surface area contributed by atoms with Crippen LogP contribution in [0, 0.1) is 0 Å². The lowest BCUT2D eigenvalue weighted by Crippen LogP contribution is -2.47. The molecule has 7 nitrogen and oxygen atoms in total. The van der Waals surface area contributed by atoms with Gasteiger partial charge in [-0.1, -0.05) is 12.1 Å². The Morgan fingerprint density at radius 1 is 1.35 bits per heavy atom. The Kier molecular flexibility index (Phi) is 5.35. The first-order valence-electron chi connectivity index (χ1n) is 7.27. The van der Waals surface area contributed by atoms with E-state index in [1.165, 1.54) is 17.0 Å². The first-order chi connectivity index (χ1) is 11.0. The van der Waals surface area contributed by atoms with E-state index in [1.54, 1.807) is 31.7 Å². The highest BCUT2D eigenvalue weighted by atomic mass is 16.3. The Bertz CT molecular complexity index is 652. The molecule has 1 atom stereocenters. The van der Waals surface area contributed by atoms with E-state index in [4.69, 9.17) is 5.73 Å². The van der Waals surface area contributed by atoms with Gasteiger partial charge in [-0.3, -0.25) is 9.59 Å². The molecule has 23 heavy (non-hydrogen) atoms. The molecule has 2 amide bonds. The van der Waals surface area contributed by atoms with Crippen molar-refractivity contribution in [1.29, 1.82) is 0 Å². The molecule has 1 heterocycles. The van der Waals surface area contributed by atoms with Gasteiger partial charge in [-0.15, -0.1) is 0 Å². The standard InChI is InChI=1S/C16H20N4O3/c1-20(15(22)7-4-12-9-18-10-19-12)14(16(17)23)8-11-2-5-13(21)6-3-11/h2-3,5-6,9-10,14,21H,4,7-8H2,1H3,(H2,17,23)(H,18,19)/t14-/m1/s1. The topological polar surface area (TPSA) is 112 Å². The first-order valence-corrected chi connectivity index (χ1v) is 7.27. The predicted molar refractivity (Wildman–Crippen MR) is 84.5 cm³/mol. The van der Waals surface area contributed by atoms with E-state index >= 15 is 0 Å². The van der Waals surface area contributed by atoms with Crippen molar-refractivity contribution in [2.24, 2.45) is 5.73 Å². The minimum Gasteiger partial charge on any atom is -0.508 e. The number of nitrogens with zero attached hydrogens (tertiary/aromatic N) is 2. The minimum absolute atomic E-state index is 0.147. The maximum absolute atomic E-state index is 12.3. The van der Waals surface area contributed by atoms with Crippen molar-refractivity contribution in [2.45, 2.75) is 25.3 Å². The minimum atomic E-state index is -0.728. The van der Waals surface area contributed by atoms with E-state index in [2.05, 4.69) is 9.97 Å². The molecule has 1 aromatic heterocycles. The van der Waals surface area contributed by atoms with Crippen molar-refractivity contribution < 1.29 is 14.7 Å². The molecule has 0 saturated carbocycles. The second kappa shape index (κ2) is 7.44. The first kappa shape index (κ1) is 16.5. The number of aromatic amines is 1. The molecule has 1 aromatic carbocycles. The maximum Gasteiger partial charge on any atom is 0.240 e. The van der Waals surface area contributed by atoms with E-state index in [0.717, 1.165) is 11.3 Å². The van der Waals surface area contributed by atoms with Gasteiger partial charge in [-0.05, 0) is 24.1 Å². The van der Waals surface area contributed by atoms with Crippen LogP contribution in [-0.2, 0) is 22.4 Å². The zero-order chi connectivity index (χ0) is 16.8. The molecule has 0 aliphatic heterocycles. The number of nitrogens with two attached hydrogens (primary N) is 1. The Hall–Kier alpha value is -2.83. The van der Waals surface area contributed by atoms with Gasteiger partial charge in [0.1, 0.15) is 11.8 Å². The summed E-state index contributed by atoms with van der Waals surface area (Å²) in [5, 5.41) is 9.29. The number of H-pyrrole nitrogens is 1. The van der Waals surface area contributed by atoms with Crippen LogP contribution in [0.3, 0.4) is 0 Å². The number of phenolic OH excluding ortho intramolecular Hbond substituents is 1. The van der Waals surface area contributed by atoms with Crippen molar-refractivity contribution in [3.05, 3.63) is 48.0 Å². The molecule has 0 aliphatic carbocycles. The highest BCUT2D eigenvalue weighted by Crippen LogP contribution is 2.14. The van der Waals surface area contributed by atoms with E-state index < -0.39 is 11.9 Å². The van der Waals surface area contributed by atoms with Crippen LogP contribution in [-0.4, -0.2) is 44.9 Å². The SMILES string of the molecule is CN(C(=O)CCc1cnc[nH]1)[C@H](Cc1ccc(O)cc1)C(N)=O. The number of aromatic nitrogens is 2. The number of imidazole rings is 1. The van der Waals surface area contributed by atoms with E-state index in [1.807, 2.05) is 0 Å². The number of primary amides is 1. The second-order valence-electron chi connectivity index (χ2n) is 5.37. The molecule has 122 valence electrons. The molecule has 0 fully saturated rings. The third-order valence-electron chi connectivity index (χ3n) is 3.72. The molecule has 0 bridgehead atoms. The van der Waals surface area contributed by atoms with Crippen molar-refractivity contribution >= 4 is 11.8 Å². The van der Waals surface area contributed by atoms with Gasteiger partial charge in [0.15, 0.2) is 0 Å². The molecule has 0 spiro atoms. The van der Waals surface area contributed by atoms with Gasteiger partial charge in [0, 0.05) is 31.8 Å². The van der Waals surface area contributed by atoms with Crippen LogP contribution in [0.2, 0.25) is 0 Å². The third kappa shape index (κ3) is 4.57. The number of hydrogen-bond acceptors (Lipinski definition) is 4. The molecular weight excluding hydrogens is 296 g/mol. The number of carbonyl (C=O) groups excluding carboxylic acids is 2. The number of hydrogen-bond donors (Lipinski definition) is 3.